The number of carbonyl (C=O) groups is 2. The summed E-state index contributed by atoms with van der Waals surface area (Å²) in [5.41, 5.74) is 0.880. The van der Waals surface area contributed by atoms with Crippen LogP contribution in [0, 0.1) is 0 Å². The van der Waals surface area contributed by atoms with Crippen LogP contribution in [-0.2, 0) is 17.6 Å². The highest BCUT2D eigenvalue weighted by Crippen LogP contribution is 2.17. The van der Waals surface area contributed by atoms with Crippen molar-refractivity contribution >= 4 is 23.2 Å². The van der Waals surface area contributed by atoms with Crippen LogP contribution in [0.5, 0.6) is 0 Å². The van der Waals surface area contributed by atoms with E-state index in [2.05, 4.69) is 5.32 Å². The van der Waals surface area contributed by atoms with E-state index in [4.69, 9.17) is 0 Å². The van der Waals surface area contributed by atoms with Crippen LogP contribution in [0.15, 0.2) is 42.5 Å². The molecule has 1 aromatic carbocycles. The number of aryl methyl sites for hydroxylation is 1. The summed E-state index contributed by atoms with van der Waals surface area (Å²) >= 11 is 1.40. The van der Waals surface area contributed by atoms with Gasteiger partial charge in [-0.15, -0.1) is 11.3 Å². The van der Waals surface area contributed by atoms with Gasteiger partial charge in [-0.2, -0.15) is 0 Å². The molecular weight excluding hydrogens is 286 g/mol. The molecule has 0 spiro atoms. The Morgan fingerprint density at radius 2 is 1.90 bits per heavy atom. The van der Waals surface area contributed by atoms with E-state index in [0.717, 1.165) is 16.9 Å². The summed E-state index contributed by atoms with van der Waals surface area (Å²) in [6.45, 7) is 2.02. The molecule has 4 nitrogen and oxygen atoms in total. The van der Waals surface area contributed by atoms with Gasteiger partial charge in [-0.3, -0.25) is 4.79 Å². The zero-order valence-electron chi connectivity index (χ0n) is 11.7. The van der Waals surface area contributed by atoms with Gasteiger partial charge in [0.05, 0.1) is 4.88 Å². The molecule has 1 atom stereocenters. The fourth-order valence-corrected chi connectivity index (χ4v) is 2.82. The Labute approximate surface area is 127 Å². The summed E-state index contributed by atoms with van der Waals surface area (Å²) in [7, 11) is 0. The predicted molar refractivity (Wildman–Crippen MR) is 82.7 cm³/mol. The fraction of sp³-hybridized carbons (Fsp3) is 0.250. The van der Waals surface area contributed by atoms with Gasteiger partial charge in [-0.25, -0.2) is 4.79 Å². The van der Waals surface area contributed by atoms with Crippen molar-refractivity contribution in [2.75, 3.05) is 0 Å². The minimum Gasteiger partial charge on any atom is -0.480 e. The van der Waals surface area contributed by atoms with Crippen LogP contribution in [0.1, 0.15) is 27.0 Å². The minimum atomic E-state index is -1.03. The second-order valence-corrected chi connectivity index (χ2v) is 5.84. The molecule has 2 N–H and O–H groups in total. The van der Waals surface area contributed by atoms with Crippen LogP contribution in [0.3, 0.4) is 0 Å². The normalized spacial score (nSPS) is 11.9. The molecule has 1 amide bonds. The average Bonchev–Trinajstić information content (AvgIpc) is 2.96. The molecule has 1 unspecified atom stereocenters. The lowest BCUT2D eigenvalue weighted by Crippen LogP contribution is -2.42. The minimum absolute atomic E-state index is 0.272. The molecule has 0 saturated carbocycles. The average molecular weight is 303 g/mol. The number of rotatable bonds is 6. The smallest absolute Gasteiger partial charge is 0.326 e. The van der Waals surface area contributed by atoms with E-state index in [1.165, 1.54) is 11.3 Å². The van der Waals surface area contributed by atoms with Gasteiger partial charge in [0, 0.05) is 11.3 Å². The lowest BCUT2D eigenvalue weighted by atomic mass is 10.1. The standard InChI is InChI=1S/C16H17NO3S/c1-2-12-8-9-14(21-12)15(18)17-13(16(19)20)10-11-6-4-3-5-7-11/h3-9,13H,2,10H2,1H3,(H,17,18)(H,19,20). The van der Waals surface area contributed by atoms with Gasteiger partial charge in [0.25, 0.3) is 5.91 Å². The van der Waals surface area contributed by atoms with Crippen molar-refractivity contribution in [1.82, 2.24) is 5.32 Å². The second-order valence-electron chi connectivity index (χ2n) is 4.67. The van der Waals surface area contributed by atoms with Crippen LogP contribution in [0.25, 0.3) is 0 Å². The summed E-state index contributed by atoms with van der Waals surface area (Å²) in [5, 5.41) is 11.9. The molecule has 2 aromatic rings. The number of thiophene rings is 1. The Hall–Kier alpha value is -2.14. The first kappa shape index (κ1) is 15.3. The van der Waals surface area contributed by atoms with E-state index in [1.807, 2.05) is 43.3 Å². The van der Waals surface area contributed by atoms with Crippen molar-refractivity contribution in [2.24, 2.45) is 0 Å². The maximum atomic E-state index is 12.1. The van der Waals surface area contributed by atoms with Gasteiger partial charge < -0.3 is 10.4 Å². The summed E-state index contributed by atoms with van der Waals surface area (Å²) in [5.74, 6) is -1.36. The van der Waals surface area contributed by atoms with Gasteiger partial charge >= 0.3 is 5.97 Å². The van der Waals surface area contributed by atoms with Crippen molar-refractivity contribution in [2.45, 2.75) is 25.8 Å². The Kier molecular flexibility index (Phi) is 5.11. The summed E-state index contributed by atoms with van der Waals surface area (Å²) in [6.07, 6.45) is 1.14. The van der Waals surface area contributed by atoms with Gasteiger partial charge in [0.1, 0.15) is 6.04 Å². The van der Waals surface area contributed by atoms with Crippen molar-refractivity contribution in [1.29, 1.82) is 0 Å². The van der Waals surface area contributed by atoms with Crippen LogP contribution in [0.2, 0.25) is 0 Å². The third-order valence-corrected chi connectivity index (χ3v) is 4.35. The highest BCUT2D eigenvalue weighted by Gasteiger charge is 2.21. The Balaban J connectivity index is 2.05. The van der Waals surface area contributed by atoms with Gasteiger partial charge in [0.2, 0.25) is 0 Å². The number of carboxylic acid groups (broad SMARTS) is 1. The molecule has 110 valence electrons. The molecule has 5 heteroatoms. The van der Waals surface area contributed by atoms with E-state index < -0.39 is 12.0 Å². The summed E-state index contributed by atoms with van der Waals surface area (Å²) < 4.78 is 0. The zero-order chi connectivity index (χ0) is 15.2. The Morgan fingerprint density at radius 3 is 2.48 bits per heavy atom. The molecular formula is C16H17NO3S. The monoisotopic (exact) mass is 303 g/mol. The molecule has 1 heterocycles. The van der Waals surface area contributed by atoms with Crippen molar-refractivity contribution in [3.63, 3.8) is 0 Å². The molecule has 21 heavy (non-hydrogen) atoms. The van der Waals surface area contributed by atoms with Crippen LogP contribution in [-0.4, -0.2) is 23.0 Å². The van der Waals surface area contributed by atoms with Gasteiger partial charge in [0.15, 0.2) is 0 Å². The largest absolute Gasteiger partial charge is 0.480 e. The maximum absolute atomic E-state index is 12.1. The first-order valence-corrected chi connectivity index (χ1v) is 7.58. The molecule has 0 radical (unpaired) electrons. The molecule has 0 bridgehead atoms. The lowest BCUT2D eigenvalue weighted by molar-refractivity contribution is -0.139. The molecule has 0 fully saturated rings. The second kappa shape index (κ2) is 7.04. The SMILES string of the molecule is CCc1ccc(C(=O)NC(Cc2ccccc2)C(=O)O)s1. The van der Waals surface area contributed by atoms with E-state index in [-0.39, 0.29) is 12.3 Å². The number of carbonyl (C=O) groups excluding carboxylic acids is 1. The van der Waals surface area contributed by atoms with Crippen LogP contribution < -0.4 is 5.32 Å². The third kappa shape index (κ3) is 4.16. The number of hydrogen-bond donors (Lipinski definition) is 2. The number of hydrogen-bond acceptors (Lipinski definition) is 3. The highest BCUT2D eigenvalue weighted by molar-refractivity contribution is 7.14. The number of nitrogens with one attached hydrogen (secondary N) is 1. The lowest BCUT2D eigenvalue weighted by Gasteiger charge is -2.14. The van der Waals surface area contributed by atoms with Gasteiger partial charge in [-0.1, -0.05) is 37.3 Å². The van der Waals surface area contributed by atoms with Crippen molar-refractivity contribution < 1.29 is 14.7 Å². The number of amides is 1. The molecule has 1 aromatic heterocycles. The van der Waals surface area contributed by atoms with Crippen LogP contribution in [0.4, 0.5) is 0 Å². The molecule has 0 aliphatic heterocycles. The molecule has 0 saturated heterocycles. The first-order valence-electron chi connectivity index (χ1n) is 6.76. The first-order chi connectivity index (χ1) is 10.1. The highest BCUT2D eigenvalue weighted by atomic mass is 32.1. The zero-order valence-corrected chi connectivity index (χ0v) is 12.5. The topological polar surface area (TPSA) is 66.4 Å². The van der Waals surface area contributed by atoms with E-state index in [0.29, 0.717) is 4.88 Å². The van der Waals surface area contributed by atoms with Crippen molar-refractivity contribution in [3.8, 4) is 0 Å². The quantitative estimate of drug-likeness (QED) is 0.862. The summed E-state index contributed by atoms with van der Waals surface area (Å²) in [4.78, 5) is 25.1. The van der Waals surface area contributed by atoms with E-state index in [1.54, 1.807) is 6.07 Å². The molecule has 2 rings (SSSR count). The van der Waals surface area contributed by atoms with Crippen LogP contribution >= 0.6 is 11.3 Å². The Bertz CT molecular complexity index is 621. The Morgan fingerprint density at radius 1 is 1.19 bits per heavy atom. The maximum Gasteiger partial charge on any atom is 0.326 e. The molecule has 0 aliphatic carbocycles. The predicted octanol–water partition coefficient (Wildman–Crippen LogP) is 2.74. The van der Waals surface area contributed by atoms with Gasteiger partial charge in [-0.05, 0) is 24.1 Å². The summed E-state index contributed by atoms with van der Waals surface area (Å²) in [6, 6.07) is 12.0. The number of benzene rings is 1. The number of aliphatic carboxylic acids is 1. The van der Waals surface area contributed by atoms with E-state index >= 15 is 0 Å². The van der Waals surface area contributed by atoms with Crippen molar-refractivity contribution in [3.05, 3.63) is 57.8 Å². The number of carboxylic acids is 1. The van der Waals surface area contributed by atoms with E-state index in [9.17, 15) is 14.7 Å². The third-order valence-electron chi connectivity index (χ3n) is 3.12. The fourth-order valence-electron chi connectivity index (χ4n) is 1.97. The molecule has 0 aliphatic rings.